The topological polar surface area (TPSA) is 15.7 Å². The average Bonchev–Trinajstić information content (AvgIpc) is 3.14. The molecule has 0 radical (unpaired) electrons. The van der Waals surface area contributed by atoms with Gasteiger partial charge in [0.05, 0.1) is 6.61 Å². The van der Waals surface area contributed by atoms with Crippen LogP contribution < -0.4 is 9.64 Å². The number of benzene rings is 2. The fourth-order valence-electron chi connectivity index (χ4n) is 4.00. The fourth-order valence-corrected chi connectivity index (χ4v) is 4.12. The number of anilines is 1. The Labute approximate surface area is 161 Å². The number of hydrogen-bond donors (Lipinski definition) is 0. The van der Waals surface area contributed by atoms with Gasteiger partial charge in [0.2, 0.25) is 0 Å². The lowest BCUT2D eigenvalue weighted by molar-refractivity contribution is 0.224. The van der Waals surface area contributed by atoms with Crippen LogP contribution in [-0.2, 0) is 12.8 Å². The molecular weight excluding hydrogens is 344 g/mol. The number of hydrogen-bond acceptors (Lipinski definition) is 3. The summed E-state index contributed by atoms with van der Waals surface area (Å²) in [5, 5.41) is 0.802. The summed E-state index contributed by atoms with van der Waals surface area (Å²) in [4.78, 5) is 4.98. The molecule has 0 bridgehead atoms. The second kappa shape index (κ2) is 8.32. The van der Waals surface area contributed by atoms with Crippen molar-refractivity contribution in [2.45, 2.75) is 25.7 Å². The Bertz CT molecular complexity index is 723. The van der Waals surface area contributed by atoms with Crippen molar-refractivity contribution < 1.29 is 4.74 Å². The van der Waals surface area contributed by atoms with Crippen molar-refractivity contribution in [1.29, 1.82) is 0 Å². The largest absolute Gasteiger partial charge is 0.494 e. The van der Waals surface area contributed by atoms with E-state index in [0.29, 0.717) is 0 Å². The number of aryl methyl sites for hydroxylation is 2. The van der Waals surface area contributed by atoms with Gasteiger partial charge in [-0.2, -0.15) is 0 Å². The van der Waals surface area contributed by atoms with E-state index >= 15 is 0 Å². The summed E-state index contributed by atoms with van der Waals surface area (Å²) in [5.74, 6) is 1.04. The Morgan fingerprint density at radius 3 is 2.46 bits per heavy atom. The molecule has 138 valence electrons. The monoisotopic (exact) mass is 370 g/mol. The molecule has 0 atom stereocenters. The minimum absolute atomic E-state index is 0.802. The number of nitrogens with zero attached hydrogens (tertiary/aromatic N) is 2. The summed E-state index contributed by atoms with van der Waals surface area (Å²) >= 11 is 5.98. The Morgan fingerprint density at radius 1 is 0.885 bits per heavy atom. The first-order valence-electron chi connectivity index (χ1n) is 9.75. The van der Waals surface area contributed by atoms with Crippen molar-refractivity contribution in [3.63, 3.8) is 0 Å². The summed E-state index contributed by atoms with van der Waals surface area (Å²) in [5.41, 5.74) is 4.27. The Morgan fingerprint density at radius 2 is 1.65 bits per heavy atom. The Kier molecular flexibility index (Phi) is 5.66. The minimum Gasteiger partial charge on any atom is -0.494 e. The Hall–Kier alpha value is -1.71. The molecule has 3 nitrogen and oxygen atoms in total. The third-order valence-electron chi connectivity index (χ3n) is 5.52. The molecule has 1 aliphatic carbocycles. The Balaban J connectivity index is 1.17. The lowest BCUT2D eigenvalue weighted by atomic mass is 10.1. The summed E-state index contributed by atoms with van der Waals surface area (Å²) < 4.78 is 5.97. The van der Waals surface area contributed by atoms with E-state index in [1.807, 2.05) is 12.1 Å². The zero-order chi connectivity index (χ0) is 17.8. The first kappa shape index (κ1) is 17.7. The van der Waals surface area contributed by atoms with Gasteiger partial charge in [-0.1, -0.05) is 17.7 Å². The van der Waals surface area contributed by atoms with Crippen molar-refractivity contribution in [3.8, 4) is 5.75 Å². The maximum Gasteiger partial charge on any atom is 0.119 e. The molecule has 0 N–H and O–H groups in total. The predicted molar refractivity (Wildman–Crippen MR) is 109 cm³/mol. The SMILES string of the molecule is Clc1ccc(N2CCN(CCCOc3ccc4c(c3)CCC4)CC2)cc1. The van der Waals surface area contributed by atoms with E-state index in [1.54, 1.807) is 0 Å². The molecule has 26 heavy (non-hydrogen) atoms. The van der Waals surface area contributed by atoms with Crippen LogP contribution in [-0.4, -0.2) is 44.2 Å². The van der Waals surface area contributed by atoms with Crippen molar-refractivity contribution >= 4 is 17.3 Å². The first-order valence-corrected chi connectivity index (χ1v) is 10.1. The predicted octanol–water partition coefficient (Wildman–Crippen LogP) is 4.42. The van der Waals surface area contributed by atoms with Gasteiger partial charge in [-0.3, -0.25) is 4.90 Å². The van der Waals surface area contributed by atoms with Crippen molar-refractivity contribution in [2.75, 3.05) is 44.2 Å². The van der Waals surface area contributed by atoms with Gasteiger partial charge in [0, 0.05) is 43.4 Å². The molecule has 2 aliphatic rings. The fraction of sp³-hybridized carbons (Fsp3) is 0.455. The van der Waals surface area contributed by atoms with Crippen molar-refractivity contribution in [3.05, 3.63) is 58.6 Å². The van der Waals surface area contributed by atoms with Crippen LogP contribution in [0, 0.1) is 0 Å². The maximum absolute atomic E-state index is 5.98. The van der Waals surface area contributed by atoms with Crippen LogP contribution in [0.25, 0.3) is 0 Å². The van der Waals surface area contributed by atoms with Gasteiger partial charge in [0.15, 0.2) is 0 Å². The summed E-state index contributed by atoms with van der Waals surface area (Å²) in [6.07, 6.45) is 4.82. The number of piperazine rings is 1. The highest BCUT2D eigenvalue weighted by atomic mass is 35.5. The van der Waals surface area contributed by atoms with Gasteiger partial charge >= 0.3 is 0 Å². The molecule has 0 aromatic heterocycles. The quantitative estimate of drug-likeness (QED) is 0.700. The third kappa shape index (κ3) is 4.33. The van der Waals surface area contributed by atoms with Gasteiger partial charge in [-0.25, -0.2) is 0 Å². The van der Waals surface area contributed by atoms with Gasteiger partial charge in [0.1, 0.15) is 5.75 Å². The molecule has 1 heterocycles. The second-order valence-electron chi connectivity index (χ2n) is 7.29. The smallest absolute Gasteiger partial charge is 0.119 e. The molecule has 0 amide bonds. The van der Waals surface area contributed by atoms with E-state index in [1.165, 1.54) is 36.1 Å². The normalized spacial score (nSPS) is 17.3. The zero-order valence-electron chi connectivity index (χ0n) is 15.3. The molecule has 0 unspecified atom stereocenters. The molecule has 4 heteroatoms. The zero-order valence-corrected chi connectivity index (χ0v) is 16.0. The molecule has 4 rings (SSSR count). The highest BCUT2D eigenvalue weighted by Gasteiger charge is 2.17. The first-order chi connectivity index (χ1) is 12.8. The van der Waals surface area contributed by atoms with Crippen LogP contribution >= 0.6 is 11.6 Å². The van der Waals surface area contributed by atoms with Crippen LogP contribution in [0.4, 0.5) is 5.69 Å². The number of fused-ring (bicyclic) bond motifs is 1. The summed E-state index contributed by atoms with van der Waals surface area (Å²) in [6, 6.07) is 14.8. The number of halogens is 1. The molecule has 1 aliphatic heterocycles. The average molecular weight is 371 g/mol. The molecule has 2 aromatic carbocycles. The molecule has 1 fully saturated rings. The molecule has 0 saturated carbocycles. The van der Waals surface area contributed by atoms with Gasteiger partial charge in [-0.15, -0.1) is 0 Å². The van der Waals surface area contributed by atoms with E-state index in [9.17, 15) is 0 Å². The second-order valence-corrected chi connectivity index (χ2v) is 7.73. The van der Waals surface area contributed by atoms with E-state index in [0.717, 1.165) is 56.5 Å². The van der Waals surface area contributed by atoms with Gasteiger partial charge < -0.3 is 9.64 Å². The van der Waals surface area contributed by atoms with E-state index < -0.39 is 0 Å². The molecular formula is C22H27ClN2O. The number of rotatable bonds is 6. The van der Waals surface area contributed by atoms with Crippen LogP contribution in [0.3, 0.4) is 0 Å². The van der Waals surface area contributed by atoms with Gasteiger partial charge in [0.25, 0.3) is 0 Å². The summed E-state index contributed by atoms with van der Waals surface area (Å²) in [7, 11) is 0. The number of ether oxygens (including phenoxy) is 1. The van der Waals surface area contributed by atoms with Crippen LogP contribution in [0.2, 0.25) is 5.02 Å². The van der Waals surface area contributed by atoms with Crippen LogP contribution in [0.5, 0.6) is 5.75 Å². The highest BCUT2D eigenvalue weighted by Crippen LogP contribution is 2.26. The van der Waals surface area contributed by atoms with E-state index in [-0.39, 0.29) is 0 Å². The standard InChI is InChI=1S/C22H27ClN2O/c23-20-6-8-21(9-7-20)25-14-12-24(13-15-25)11-2-16-26-22-10-5-18-3-1-4-19(18)17-22/h5-10,17H,1-4,11-16H2. The van der Waals surface area contributed by atoms with Crippen molar-refractivity contribution in [1.82, 2.24) is 4.90 Å². The molecule has 2 aromatic rings. The highest BCUT2D eigenvalue weighted by molar-refractivity contribution is 6.30. The van der Waals surface area contributed by atoms with Crippen molar-refractivity contribution in [2.24, 2.45) is 0 Å². The molecule has 0 spiro atoms. The minimum atomic E-state index is 0.802. The maximum atomic E-state index is 5.98. The van der Waals surface area contributed by atoms with Gasteiger partial charge in [-0.05, 0) is 73.2 Å². The summed E-state index contributed by atoms with van der Waals surface area (Å²) in [6.45, 7) is 6.29. The van der Waals surface area contributed by atoms with Crippen LogP contribution in [0.1, 0.15) is 24.0 Å². The lowest BCUT2D eigenvalue weighted by Crippen LogP contribution is -2.46. The third-order valence-corrected chi connectivity index (χ3v) is 5.77. The lowest BCUT2D eigenvalue weighted by Gasteiger charge is -2.36. The van der Waals surface area contributed by atoms with E-state index in [4.69, 9.17) is 16.3 Å². The van der Waals surface area contributed by atoms with Crippen LogP contribution in [0.15, 0.2) is 42.5 Å². The molecule has 1 saturated heterocycles. The van der Waals surface area contributed by atoms with E-state index in [2.05, 4.69) is 40.1 Å².